The molecule has 7 nitrogen and oxygen atoms in total. The summed E-state index contributed by atoms with van der Waals surface area (Å²) in [5.74, 6) is -1.42. The summed E-state index contributed by atoms with van der Waals surface area (Å²) in [6.45, 7) is 5.25. The van der Waals surface area contributed by atoms with Crippen LogP contribution in [0.5, 0.6) is 5.75 Å². The van der Waals surface area contributed by atoms with Crippen LogP contribution in [0.4, 0.5) is 0 Å². The Kier molecular flexibility index (Phi) is 5.72. The van der Waals surface area contributed by atoms with Crippen molar-refractivity contribution in [3.63, 3.8) is 0 Å². The average molecular weight is 386 g/mol. The lowest BCUT2D eigenvalue weighted by Crippen LogP contribution is -2.51. The SMILES string of the molecule is CC(C)C[C@H](NC(=O)[C@H](C)Oc1ccc2c3c(c(=O)oc2c1)CCC3)C(=O)[O-]. The molecule has 1 N–H and O–H groups in total. The molecule has 1 aliphatic rings. The summed E-state index contributed by atoms with van der Waals surface area (Å²) >= 11 is 0. The third-order valence-electron chi connectivity index (χ3n) is 4.94. The van der Waals surface area contributed by atoms with Gasteiger partial charge in [-0.1, -0.05) is 13.8 Å². The van der Waals surface area contributed by atoms with Crippen molar-refractivity contribution in [3.05, 3.63) is 39.7 Å². The van der Waals surface area contributed by atoms with Crippen LogP contribution in [0.3, 0.4) is 0 Å². The van der Waals surface area contributed by atoms with Gasteiger partial charge in [0.25, 0.3) is 5.91 Å². The highest BCUT2D eigenvalue weighted by Crippen LogP contribution is 2.29. The molecule has 2 aromatic rings. The molecule has 0 spiro atoms. The van der Waals surface area contributed by atoms with Crippen molar-refractivity contribution in [2.24, 2.45) is 5.92 Å². The average Bonchev–Trinajstić information content (AvgIpc) is 3.11. The van der Waals surface area contributed by atoms with Crippen molar-refractivity contribution < 1.29 is 23.8 Å². The van der Waals surface area contributed by atoms with Crippen LogP contribution in [0.1, 0.15) is 44.7 Å². The van der Waals surface area contributed by atoms with Gasteiger partial charge < -0.3 is 24.4 Å². The number of fused-ring (bicyclic) bond motifs is 3. The van der Waals surface area contributed by atoms with Gasteiger partial charge in [-0.15, -0.1) is 0 Å². The van der Waals surface area contributed by atoms with Crippen LogP contribution in [0, 0.1) is 5.92 Å². The van der Waals surface area contributed by atoms with E-state index in [4.69, 9.17) is 9.15 Å². The van der Waals surface area contributed by atoms with Crippen LogP contribution in [-0.2, 0) is 22.4 Å². The van der Waals surface area contributed by atoms with E-state index in [-0.39, 0.29) is 18.0 Å². The van der Waals surface area contributed by atoms with Crippen LogP contribution in [0.25, 0.3) is 11.0 Å². The highest BCUT2D eigenvalue weighted by Gasteiger charge is 2.22. The van der Waals surface area contributed by atoms with Gasteiger partial charge in [0.05, 0.1) is 12.0 Å². The van der Waals surface area contributed by atoms with E-state index in [9.17, 15) is 19.5 Å². The molecule has 0 bridgehead atoms. The summed E-state index contributed by atoms with van der Waals surface area (Å²) in [7, 11) is 0. The third-order valence-corrected chi connectivity index (χ3v) is 4.94. The molecule has 1 aromatic heterocycles. The van der Waals surface area contributed by atoms with Crippen molar-refractivity contribution in [3.8, 4) is 5.75 Å². The molecule has 0 unspecified atom stereocenters. The van der Waals surface area contributed by atoms with Gasteiger partial charge in [-0.25, -0.2) is 4.79 Å². The van der Waals surface area contributed by atoms with Crippen LogP contribution < -0.4 is 20.8 Å². The second-order valence-electron chi connectivity index (χ2n) is 7.63. The van der Waals surface area contributed by atoms with E-state index >= 15 is 0 Å². The maximum absolute atomic E-state index is 12.3. The zero-order valence-electron chi connectivity index (χ0n) is 16.2. The fourth-order valence-electron chi connectivity index (χ4n) is 3.57. The number of carboxylic acid groups (broad SMARTS) is 1. The van der Waals surface area contributed by atoms with E-state index in [2.05, 4.69) is 5.32 Å². The van der Waals surface area contributed by atoms with E-state index < -0.39 is 24.0 Å². The molecule has 0 aliphatic heterocycles. The summed E-state index contributed by atoms with van der Waals surface area (Å²) in [4.78, 5) is 35.6. The first-order chi connectivity index (χ1) is 13.3. The summed E-state index contributed by atoms with van der Waals surface area (Å²) in [5, 5.41) is 14.5. The minimum atomic E-state index is -1.32. The summed E-state index contributed by atoms with van der Waals surface area (Å²) in [5.41, 5.74) is 1.86. The minimum absolute atomic E-state index is 0.0875. The molecular formula is C21H24NO6-. The number of benzene rings is 1. The quantitative estimate of drug-likeness (QED) is 0.719. The number of carboxylic acids is 1. The monoisotopic (exact) mass is 386 g/mol. The first-order valence-electron chi connectivity index (χ1n) is 9.52. The zero-order chi connectivity index (χ0) is 20.4. The molecule has 0 saturated carbocycles. The van der Waals surface area contributed by atoms with Gasteiger partial charge in [0.15, 0.2) is 6.10 Å². The molecule has 1 aliphatic carbocycles. The molecule has 2 atom stereocenters. The normalized spacial score (nSPS) is 15.3. The number of aryl methyl sites for hydroxylation is 1. The predicted molar refractivity (Wildman–Crippen MR) is 101 cm³/mol. The van der Waals surface area contributed by atoms with E-state index in [1.807, 2.05) is 19.9 Å². The lowest BCUT2D eigenvalue weighted by atomic mass is 10.0. The topological polar surface area (TPSA) is 109 Å². The van der Waals surface area contributed by atoms with Gasteiger partial charge >= 0.3 is 5.63 Å². The molecule has 3 rings (SSSR count). The molecule has 1 amide bonds. The van der Waals surface area contributed by atoms with Gasteiger partial charge in [-0.3, -0.25) is 4.79 Å². The van der Waals surface area contributed by atoms with Gasteiger partial charge in [0, 0.05) is 17.0 Å². The number of hydrogen-bond donors (Lipinski definition) is 1. The number of aliphatic carboxylic acids is 1. The Labute approximate surface area is 162 Å². The van der Waals surface area contributed by atoms with Crippen molar-refractivity contribution in [1.82, 2.24) is 5.32 Å². The highest BCUT2D eigenvalue weighted by atomic mass is 16.5. The predicted octanol–water partition coefficient (Wildman–Crippen LogP) is 1.33. The van der Waals surface area contributed by atoms with Crippen molar-refractivity contribution in [2.75, 3.05) is 0 Å². The molecule has 0 saturated heterocycles. The Hall–Kier alpha value is -2.83. The number of carbonyl (C=O) groups is 2. The van der Waals surface area contributed by atoms with Gasteiger partial charge in [-0.05, 0) is 56.2 Å². The lowest BCUT2D eigenvalue weighted by Gasteiger charge is -2.23. The fraction of sp³-hybridized carbons (Fsp3) is 0.476. The minimum Gasteiger partial charge on any atom is -0.548 e. The molecule has 0 radical (unpaired) electrons. The number of carbonyl (C=O) groups excluding carboxylic acids is 2. The number of rotatable bonds is 7. The van der Waals surface area contributed by atoms with Gasteiger partial charge in [-0.2, -0.15) is 0 Å². The second kappa shape index (κ2) is 8.04. The standard InChI is InChI=1S/C21H25NO6/c1-11(2)9-17(20(24)25)22-19(23)12(3)27-13-7-8-15-14-5-4-6-16(14)21(26)28-18(15)10-13/h7-8,10-12,17H,4-6,9H2,1-3H3,(H,22,23)(H,24,25)/p-1/t12-,17-/m0/s1. The van der Waals surface area contributed by atoms with Crippen LogP contribution >= 0.6 is 0 Å². The Morgan fingerprint density at radius 1 is 1.21 bits per heavy atom. The molecule has 0 fully saturated rings. The molecule has 28 heavy (non-hydrogen) atoms. The molecule has 1 heterocycles. The first kappa shape index (κ1) is 19.9. The Morgan fingerprint density at radius 2 is 1.93 bits per heavy atom. The highest BCUT2D eigenvalue weighted by molar-refractivity contribution is 5.86. The van der Waals surface area contributed by atoms with Gasteiger partial charge in [0.2, 0.25) is 0 Å². The largest absolute Gasteiger partial charge is 0.548 e. The van der Waals surface area contributed by atoms with Crippen molar-refractivity contribution in [2.45, 2.75) is 58.6 Å². The zero-order valence-corrected chi connectivity index (χ0v) is 16.2. The molecular weight excluding hydrogens is 362 g/mol. The molecule has 150 valence electrons. The van der Waals surface area contributed by atoms with E-state index in [0.29, 0.717) is 11.3 Å². The Bertz CT molecular complexity index is 961. The van der Waals surface area contributed by atoms with E-state index in [1.54, 1.807) is 12.1 Å². The maximum atomic E-state index is 12.3. The molecule has 1 aromatic carbocycles. The summed E-state index contributed by atoms with van der Waals surface area (Å²) < 4.78 is 11.0. The van der Waals surface area contributed by atoms with Crippen molar-refractivity contribution >= 4 is 22.8 Å². The summed E-state index contributed by atoms with van der Waals surface area (Å²) in [6.07, 6.45) is 1.86. The number of amides is 1. The van der Waals surface area contributed by atoms with Crippen LogP contribution in [0.2, 0.25) is 0 Å². The lowest BCUT2D eigenvalue weighted by molar-refractivity contribution is -0.308. The van der Waals surface area contributed by atoms with E-state index in [0.717, 1.165) is 35.8 Å². The van der Waals surface area contributed by atoms with E-state index in [1.165, 1.54) is 6.92 Å². The van der Waals surface area contributed by atoms with Crippen molar-refractivity contribution in [1.29, 1.82) is 0 Å². The third kappa shape index (κ3) is 4.18. The summed E-state index contributed by atoms with van der Waals surface area (Å²) in [6, 6.07) is 4.06. The smallest absolute Gasteiger partial charge is 0.339 e. The van der Waals surface area contributed by atoms with Crippen LogP contribution in [-0.4, -0.2) is 24.0 Å². The second-order valence-corrected chi connectivity index (χ2v) is 7.63. The number of ether oxygens (including phenoxy) is 1. The number of hydrogen-bond acceptors (Lipinski definition) is 6. The number of nitrogens with one attached hydrogen (secondary N) is 1. The first-order valence-corrected chi connectivity index (χ1v) is 9.52. The Morgan fingerprint density at radius 3 is 2.61 bits per heavy atom. The molecule has 7 heteroatoms. The van der Waals surface area contributed by atoms with Gasteiger partial charge in [0.1, 0.15) is 11.3 Å². The fourth-order valence-corrected chi connectivity index (χ4v) is 3.57. The maximum Gasteiger partial charge on any atom is 0.339 e. The van der Waals surface area contributed by atoms with Crippen LogP contribution in [0.15, 0.2) is 27.4 Å². The Balaban J connectivity index is 1.75.